The van der Waals surface area contributed by atoms with E-state index in [1.165, 1.54) is 23.5 Å². The molecule has 0 unspecified atom stereocenters. The lowest BCUT2D eigenvalue weighted by atomic mass is 10.1. The van der Waals surface area contributed by atoms with Gasteiger partial charge in [0.2, 0.25) is 5.78 Å². The molecule has 1 aromatic heterocycles. The summed E-state index contributed by atoms with van der Waals surface area (Å²) in [6.07, 6.45) is 0. The Labute approximate surface area is 113 Å². The number of carbonyl (C=O) groups excluding carboxylic acids is 1. The Morgan fingerprint density at radius 3 is 2.50 bits per heavy atom. The van der Waals surface area contributed by atoms with Gasteiger partial charge in [0.25, 0.3) is 0 Å². The average molecular weight is 364 g/mol. The molecule has 82 valence electrons. The van der Waals surface area contributed by atoms with Crippen molar-refractivity contribution < 1.29 is 9.18 Å². The van der Waals surface area contributed by atoms with Crippen LogP contribution in [0.3, 0.4) is 0 Å². The number of thiophene rings is 1. The van der Waals surface area contributed by atoms with Crippen LogP contribution >= 0.6 is 43.2 Å². The summed E-state index contributed by atoms with van der Waals surface area (Å²) in [5.41, 5.74) is 0.0950. The van der Waals surface area contributed by atoms with Gasteiger partial charge >= 0.3 is 0 Å². The van der Waals surface area contributed by atoms with E-state index >= 15 is 0 Å². The van der Waals surface area contributed by atoms with Crippen molar-refractivity contribution in [3.8, 4) is 0 Å². The van der Waals surface area contributed by atoms with Gasteiger partial charge in [-0.15, -0.1) is 11.3 Å². The Morgan fingerprint density at radius 1 is 1.25 bits per heavy atom. The normalized spacial score (nSPS) is 10.4. The lowest BCUT2D eigenvalue weighted by molar-refractivity contribution is 0.103. The van der Waals surface area contributed by atoms with Crippen molar-refractivity contribution in [1.82, 2.24) is 0 Å². The number of carbonyl (C=O) groups is 1. The molecule has 0 saturated carbocycles. The van der Waals surface area contributed by atoms with Gasteiger partial charge in [-0.25, -0.2) is 4.39 Å². The zero-order chi connectivity index (χ0) is 11.7. The van der Waals surface area contributed by atoms with Gasteiger partial charge in [0.05, 0.1) is 14.9 Å². The first-order valence-corrected chi connectivity index (χ1v) is 6.79. The molecule has 0 amide bonds. The Morgan fingerprint density at radius 2 is 1.94 bits per heavy atom. The van der Waals surface area contributed by atoms with Crippen LogP contribution in [0.4, 0.5) is 4.39 Å². The van der Waals surface area contributed by atoms with Crippen molar-refractivity contribution >= 4 is 49.0 Å². The number of halogens is 3. The fourth-order valence-electron chi connectivity index (χ4n) is 1.24. The highest BCUT2D eigenvalue weighted by Gasteiger charge is 2.19. The summed E-state index contributed by atoms with van der Waals surface area (Å²) in [4.78, 5) is 12.5. The molecule has 0 spiro atoms. The van der Waals surface area contributed by atoms with Crippen molar-refractivity contribution in [2.45, 2.75) is 0 Å². The van der Waals surface area contributed by atoms with Crippen molar-refractivity contribution in [3.05, 3.63) is 54.8 Å². The van der Waals surface area contributed by atoms with E-state index in [1.807, 2.05) is 0 Å². The Balaban J connectivity index is 2.48. The first kappa shape index (κ1) is 12.0. The zero-order valence-corrected chi connectivity index (χ0v) is 11.8. The minimum absolute atomic E-state index is 0.0950. The van der Waals surface area contributed by atoms with Gasteiger partial charge in [0.1, 0.15) is 5.82 Å². The van der Waals surface area contributed by atoms with Gasteiger partial charge in [0, 0.05) is 9.85 Å². The van der Waals surface area contributed by atoms with Gasteiger partial charge in [0.15, 0.2) is 0 Å². The molecular weight excluding hydrogens is 359 g/mol. The maximum Gasteiger partial charge on any atom is 0.207 e. The second-order valence-electron chi connectivity index (χ2n) is 3.04. The van der Waals surface area contributed by atoms with Crippen LogP contribution in [-0.4, -0.2) is 5.78 Å². The summed E-state index contributed by atoms with van der Waals surface area (Å²) in [7, 11) is 0. The SMILES string of the molecule is O=C(c1ccccc1F)c1scc(Br)c1Br. The van der Waals surface area contributed by atoms with Gasteiger partial charge < -0.3 is 0 Å². The van der Waals surface area contributed by atoms with Crippen molar-refractivity contribution in [1.29, 1.82) is 0 Å². The van der Waals surface area contributed by atoms with Crippen molar-refractivity contribution in [2.24, 2.45) is 0 Å². The molecule has 2 rings (SSSR count). The Bertz CT molecular complexity index is 551. The molecule has 1 aromatic carbocycles. The third-order valence-electron chi connectivity index (χ3n) is 2.01. The van der Waals surface area contributed by atoms with Crippen LogP contribution in [0.25, 0.3) is 0 Å². The van der Waals surface area contributed by atoms with Gasteiger partial charge in [-0.3, -0.25) is 4.79 Å². The smallest absolute Gasteiger partial charge is 0.207 e. The molecule has 0 saturated heterocycles. The monoisotopic (exact) mass is 362 g/mol. The summed E-state index contributed by atoms with van der Waals surface area (Å²) in [5.74, 6) is -0.801. The van der Waals surface area contributed by atoms with E-state index in [9.17, 15) is 9.18 Å². The first-order valence-electron chi connectivity index (χ1n) is 4.33. The Hall–Kier alpha value is -0.520. The predicted octanol–water partition coefficient (Wildman–Crippen LogP) is 4.64. The molecule has 0 atom stereocenters. The van der Waals surface area contributed by atoms with E-state index in [2.05, 4.69) is 31.9 Å². The zero-order valence-electron chi connectivity index (χ0n) is 7.84. The van der Waals surface area contributed by atoms with E-state index < -0.39 is 5.82 Å². The summed E-state index contributed by atoms with van der Waals surface area (Å²) in [6, 6.07) is 5.97. The average Bonchev–Trinajstić information content (AvgIpc) is 2.60. The van der Waals surface area contributed by atoms with Crippen molar-refractivity contribution in [3.63, 3.8) is 0 Å². The highest BCUT2D eigenvalue weighted by molar-refractivity contribution is 9.13. The molecule has 1 heterocycles. The quantitative estimate of drug-likeness (QED) is 0.710. The molecule has 0 fully saturated rings. The fourth-order valence-corrected chi connectivity index (χ4v) is 3.35. The van der Waals surface area contributed by atoms with Crippen LogP contribution in [0.5, 0.6) is 0 Å². The number of ketones is 1. The molecule has 5 heteroatoms. The van der Waals surface area contributed by atoms with Gasteiger partial charge in [-0.2, -0.15) is 0 Å². The van der Waals surface area contributed by atoms with Crippen LogP contribution < -0.4 is 0 Å². The standard InChI is InChI=1S/C11H5Br2FOS/c12-7-5-16-11(9(7)13)10(15)6-3-1-2-4-8(6)14/h1-5H. The number of benzene rings is 1. The van der Waals surface area contributed by atoms with E-state index in [1.54, 1.807) is 17.5 Å². The number of hydrogen-bond donors (Lipinski definition) is 0. The van der Waals surface area contributed by atoms with Gasteiger partial charge in [-0.1, -0.05) is 12.1 Å². The predicted molar refractivity (Wildman–Crippen MR) is 69.6 cm³/mol. The van der Waals surface area contributed by atoms with Crippen LogP contribution in [-0.2, 0) is 0 Å². The Kier molecular flexibility index (Phi) is 3.56. The lowest BCUT2D eigenvalue weighted by Gasteiger charge is -2.00. The highest BCUT2D eigenvalue weighted by Crippen LogP contribution is 2.34. The number of hydrogen-bond acceptors (Lipinski definition) is 2. The molecular formula is C11H5Br2FOS. The molecule has 0 aliphatic heterocycles. The second-order valence-corrected chi connectivity index (χ2v) is 5.56. The van der Waals surface area contributed by atoms with Gasteiger partial charge in [-0.05, 0) is 44.0 Å². The van der Waals surface area contributed by atoms with Crippen LogP contribution in [0.2, 0.25) is 0 Å². The molecule has 1 nitrogen and oxygen atoms in total. The molecule has 0 N–H and O–H groups in total. The minimum atomic E-state index is -0.496. The van der Waals surface area contributed by atoms with Crippen LogP contribution in [0.15, 0.2) is 38.6 Å². The number of rotatable bonds is 2. The molecule has 0 aliphatic carbocycles. The summed E-state index contributed by atoms with van der Waals surface area (Å²) >= 11 is 7.86. The molecule has 0 radical (unpaired) electrons. The van der Waals surface area contributed by atoms with Crippen LogP contribution in [0, 0.1) is 5.82 Å². The summed E-state index contributed by atoms with van der Waals surface area (Å²) in [6.45, 7) is 0. The summed E-state index contributed by atoms with van der Waals surface area (Å²) in [5, 5.41) is 1.79. The second kappa shape index (κ2) is 4.77. The third kappa shape index (κ3) is 2.12. The molecule has 16 heavy (non-hydrogen) atoms. The molecule has 0 aliphatic rings. The maximum absolute atomic E-state index is 13.4. The third-order valence-corrected chi connectivity index (χ3v) is 5.54. The van der Waals surface area contributed by atoms with Crippen molar-refractivity contribution in [2.75, 3.05) is 0 Å². The minimum Gasteiger partial charge on any atom is -0.288 e. The van der Waals surface area contributed by atoms with E-state index in [4.69, 9.17) is 0 Å². The highest BCUT2D eigenvalue weighted by atomic mass is 79.9. The van der Waals surface area contributed by atoms with Crippen LogP contribution in [0.1, 0.15) is 15.2 Å². The molecule has 0 bridgehead atoms. The van der Waals surface area contributed by atoms with E-state index in [-0.39, 0.29) is 11.3 Å². The maximum atomic E-state index is 13.4. The summed E-state index contributed by atoms with van der Waals surface area (Å²) < 4.78 is 14.9. The first-order chi connectivity index (χ1) is 7.61. The van der Waals surface area contributed by atoms with E-state index in [0.717, 1.165) is 4.47 Å². The largest absolute Gasteiger partial charge is 0.288 e. The fraction of sp³-hybridized carbons (Fsp3) is 0. The molecule has 2 aromatic rings. The van der Waals surface area contributed by atoms with E-state index in [0.29, 0.717) is 9.35 Å². The topological polar surface area (TPSA) is 17.1 Å². The lowest BCUT2D eigenvalue weighted by Crippen LogP contribution is -2.02.